The van der Waals surface area contributed by atoms with Crippen molar-refractivity contribution in [2.24, 2.45) is 0 Å². The SMILES string of the molecule is O=C(Nc1ccc2c(c1)CCN(C1CCC1)CC2)c1cnc2ccccc2n1. The fourth-order valence-corrected chi connectivity index (χ4v) is 4.20. The van der Waals surface area contributed by atoms with Crippen LogP contribution in [-0.2, 0) is 12.8 Å². The Morgan fingerprint density at radius 2 is 1.79 bits per heavy atom. The molecule has 1 N–H and O–H groups in total. The fourth-order valence-electron chi connectivity index (χ4n) is 4.20. The average Bonchev–Trinajstić information content (AvgIpc) is 2.89. The molecule has 1 amide bonds. The van der Waals surface area contributed by atoms with Gasteiger partial charge in [0.15, 0.2) is 0 Å². The van der Waals surface area contributed by atoms with Gasteiger partial charge in [-0.05, 0) is 61.1 Å². The van der Waals surface area contributed by atoms with Crippen LogP contribution in [0.15, 0.2) is 48.7 Å². The van der Waals surface area contributed by atoms with E-state index in [9.17, 15) is 4.79 Å². The first kappa shape index (κ1) is 17.3. The van der Waals surface area contributed by atoms with E-state index in [0.717, 1.165) is 48.7 Å². The Morgan fingerprint density at radius 3 is 2.57 bits per heavy atom. The van der Waals surface area contributed by atoms with Crippen LogP contribution in [-0.4, -0.2) is 39.9 Å². The molecule has 1 saturated carbocycles. The Bertz CT molecular complexity index is 1030. The lowest BCUT2D eigenvalue weighted by atomic mass is 9.91. The molecule has 2 aromatic carbocycles. The van der Waals surface area contributed by atoms with Gasteiger partial charge in [-0.15, -0.1) is 0 Å². The lowest BCUT2D eigenvalue weighted by Gasteiger charge is -2.36. The van der Waals surface area contributed by atoms with E-state index in [1.807, 2.05) is 30.3 Å². The van der Waals surface area contributed by atoms with E-state index >= 15 is 0 Å². The first-order valence-corrected chi connectivity index (χ1v) is 10.2. The van der Waals surface area contributed by atoms with Gasteiger partial charge in [-0.1, -0.05) is 24.6 Å². The zero-order chi connectivity index (χ0) is 18.9. The van der Waals surface area contributed by atoms with Gasteiger partial charge >= 0.3 is 0 Å². The van der Waals surface area contributed by atoms with Gasteiger partial charge in [0.25, 0.3) is 5.91 Å². The van der Waals surface area contributed by atoms with Gasteiger partial charge < -0.3 is 5.32 Å². The number of anilines is 1. The summed E-state index contributed by atoms with van der Waals surface area (Å²) in [6.45, 7) is 2.27. The Labute approximate surface area is 164 Å². The molecule has 1 aromatic heterocycles. The molecule has 0 bridgehead atoms. The van der Waals surface area contributed by atoms with E-state index in [1.165, 1.54) is 36.6 Å². The van der Waals surface area contributed by atoms with E-state index in [0.29, 0.717) is 5.69 Å². The number of hydrogen-bond donors (Lipinski definition) is 1. The minimum atomic E-state index is -0.220. The Kier molecular flexibility index (Phi) is 4.53. The number of nitrogens with zero attached hydrogens (tertiary/aromatic N) is 3. The van der Waals surface area contributed by atoms with Crippen molar-refractivity contribution in [2.45, 2.75) is 38.1 Å². The van der Waals surface area contributed by atoms with Crippen LogP contribution in [0.5, 0.6) is 0 Å². The van der Waals surface area contributed by atoms with E-state index in [2.05, 4.69) is 32.3 Å². The van der Waals surface area contributed by atoms with Gasteiger partial charge in [-0.3, -0.25) is 14.7 Å². The number of carbonyl (C=O) groups is 1. The van der Waals surface area contributed by atoms with Crippen molar-refractivity contribution in [2.75, 3.05) is 18.4 Å². The van der Waals surface area contributed by atoms with Gasteiger partial charge in [-0.2, -0.15) is 0 Å². The van der Waals surface area contributed by atoms with E-state index in [-0.39, 0.29) is 5.91 Å². The van der Waals surface area contributed by atoms with Gasteiger partial charge in [0.2, 0.25) is 0 Å². The summed E-state index contributed by atoms with van der Waals surface area (Å²) in [4.78, 5) is 24.1. The molecule has 0 atom stereocenters. The molecular weight excluding hydrogens is 348 g/mol. The molecule has 2 heterocycles. The van der Waals surface area contributed by atoms with Crippen molar-refractivity contribution < 1.29 is 4.79 Å². The second kappa shape index (κ2) is 7.32. The molecule has 1 aliphatic carbocycles. The van der Waals surface area contributed by atoms with Crippen LogP contribution >= 0.6 is 0 Å². The summed E-state index contributed by atoms with van der Waals surface area (Å²) >= 11 is 0. The lowest BCUT2D eigenvalue weighted by Crippen LogP contribution is -2.41. The number of rotatable bonds is 3. The average molecular weight is 372 g/mol. The molecule has 1 aliphatic heterocycles. The second-order valence-electron chi connectivity index (χ2n) is 7.80. The van der Waals surface area contributed by atoms with Crippen molar-refractivity contribution in [3.05, 3.63) is 65.5 Å². The molecule has 5 nitrogen and oxygen atoms in total. The van der Waals surface area contributed by atoms with Crippen LogP contribution in [0, 0.1) is 0 Å². The van der Waals surface area contributed by atoms with Crippen LogP contribution in [0.3, 0.4) is 0 Å². The number of amides is 1. The highest BCUT2D eigenvalue weighted by molar-refractivity contribution is 6.03. The monoisotopic (exact) mass is 372 g/mol. The molecule has 0 saturated heterocycles. The molecule has 0 spiro atoms. The molecule has 0 radical (unpaired) electrons. The summed E-state index contributed by atoms with van der Waals surface area (Å²) in [6.07, 6.45) is 7.76. The normalized spacial score (nSPS) is 17.6. The maximum Gasteiger partial charge on any atom is 0.275 e. The first-order valence-electron chi connectivity index (χ1n) is 10.2. The second-order valence-corrected chi connectivity index (χ2v) is 7.80. The van der Waals surface area contributed by atoms with Gasteiger partial charge in [0.05, 0.1) is 17.2 Å². The minimum absolute atomic E-state index is 0.220. The number of fused-ring (bicyclic) bond motifs is 2. The molecule has 28 heavy (non-hydrogen) atoms. The number of aromatic nitrogens is 2. The van der Waals surface area contributed by atoms with Crippen LogP contribution in [0.2, 0.25) is 0 Å². The summed E-state index contributed by atoms with van der Waals surface area (Å²) in [5.74, 6) is -0.220. The predicted octanol–water partition coefficient (Wildman–Crippen LogP) is 3.84. The van der Waals surface area contributed by atoms with E-state index in [4.69, 9.17) is 0 Å². The maximum atomic E-state index is 12.7. The molecule has 142 valence electrons. The quantitative estimate of drug-likeness (QED) is 0.759. The third kappa shape index (κ3) is 3.38. The van der Waals surface area contributed by atoms with Crippen molar-refractivity contribution >= 4 is 22.6 Å². The van der Waals surface area contributed by atoms with E-state index in [1.54, 1.807) is 0 Å². The predicted molar refractivity (Wildman–Crippen MR) is 111 cm³/mol. The highest BCUT2D eigenvalue weighted by Gasteiger charge is 2.26. The highest BCUT2D eigenvalue weighted by Crippen LogP contribution is 2.28. The van der Waals surface area contributed by atoms with Crippen molar-refractivity contribution in [1.82, 2.24) is 14.9 Å². The number of para-hydroxylation sites is 2. The topological polar surface area (TPSA) is 58.1 Å². The lowest BCUT2D eigenvalue weighted by molar-refractivity contribution is 0.102. The van der Waals surface area contributed by atoms with Crippen LogP contribution in [0.25, 0.3) is 11.0 Å². The number of carbonyl (C=O) groups excluding carboxylic acids is 1. The standard InChI is InChI=1S/C23H24N4O/c28-23(22-15-24-20-6-1-2-7-21(20)26-22)25-18-9-8-16-10-12-27(19-4-3-5-19)13-11-17(16)14-18/h1-2,6-9,14-15,19H,3-5,10-13H2,(H,25,28). The summed E-state index contributed by atoms with van der Waals surface area (Å²) in [5, 5.41) is 2.99. The van der Waals surface area contributed by atoms with Crippen LogP contribution in [0.1, 0.15) is 40.9 Å². The Morgan fingerprint density at radius 1 is 1.00 bits per heavy atom. The molecular formula is C23H24N4O. The summed E-state index contributed by atoms with van der Waals surface area (Å²) < 4.78 is 0. The smallest absolute Gasteiger partial charge is 0.275 e. The molecule has 3 aromatic rings. The molecule has 0 unspecified atom stereocenters. The molecule has 2 aliphatic rings. The van der Waals surface area contributed by atoms with Gasteiger partial charge in [0.1, 0.15) is 5.69 Å². The third-order valence-corrected chi connectivity index (χ3v) is 6.07. The Balaban J connectivity index is 1.31. The molecule has 1 fully saturated rings. The largest absolute Gasteiger partial charge is 0.321 e. The summed E-state index contributed by atoms with van der Waals surface area (Å²) in [7, 11) is 0. The first-order chi connectivity index (χ1) is 13.8. The van der Waals surface area contributed by atoms with Crippen LogP contribution in [0.4, 0.5) is 5.69 Å². The van der Waals surface area contributed by atoms with Crippen molar-refractivity contribution in [3.8, 4) is 0 Å². The molecule has 5 heteroatoms. The minimum Gasteiger partial charge on any atom is -0.321 e. The van der Waals surface area contributed by atoms with Gasteiger partial charge in [0, 0.05) is 24.8 Å². The maximum absolute atomic E-state index is 12.7. The highest BCUT2D eigenvalue weighted by atomic mass is 16.1. The van der Waals surface area contributed by atoms with E-state index < -0.39 is 0 Å². The molecule has 5 rings (SSSR count). The van der Waals surface area contributed by atoms with Crippen LogP contribution < -0.4 is 5.32 Å². The summed E-state index contributed by atoms with van der Waals surface area (Å²) in [6, 6.07) is 14.7. The third-order valence-electron chi connectivity index (χ3n) is 6.07. The Hall–Kier alpha value is -2.79. The van der Waals surface area contributed by atoms with Crippen molar-refractivity contribution in [3.63, 3.8) is 0 Å². The van der Waals surface area contributed by atoms with Gasteiger partial charge in [-0.25, -0.2) is 4.98 Å². The van der Waals surface area contributed by atoms with Crippen molar-refractivity contribution in [1.29, 1.82) is 0 Å². The number of nitrogens with one attached hydrogen (secondary N) is 1. The fraction of sp³-hybridized carbons (Fsp3) is 0.348. The summed E-state index contributed by atoms with van der Waals surface area (Å²) in [5.41, 5.74) is 5.45. The number of benzene rings is 2. The zero-order valence-corrected chi connectivity index (χ0v) is 15.9. The zero-order valence-electron chi connectivity index (χ0n) is 15.9. The number of hydrogen-bond acceptors (Lipinski definition) is 4.